The van der Waals surface area contributed by atoms with Crippen molar-refractivity contribution in [3.8, 4) is 11.5 Å². The minimum atomic E-state index is -0.0246. The highest BCUT2D eigenvalue weighted by Gasteiger charge is 2.13. The van der Waals surface area contributed by atoms with Gasteiger partial charge in [-0.05, 0) is 30.0 Å². The van der Waals surface area contributed by atoms with Gasteiger partial charge in [0, 0.05) is 6.20 Å². The summed E-state index contributed by atoms with van der Waals surface area (Å²) in [5, 5.41) is 7.59. The third-order valence-corrected chi connectivity index (χ3v) is 3.36. The van der Waals surface area contributed by atoms with E-state index in [0.717, 1.165) is 17.7 Å². The first kappa shape index (κ1) is 14.1. The molecule has 2 aromatic rings. The molecule has 1 unspecified atom stereocenters. The number of amidine groups is 1. The molecule has 0 aliphatic heterocycles. The van der Waals surface area contributed by atoms with Crippen LogP contribution in [0.2, 0.25) is 0 Å². The molecule has 3 N–H and O–H groups in total. The number of ether oxygens (including phenoxy) is 1. The van der Waals surface area contributed by atoms with Crippen molar-refractivity contribution in [2.45, 2.75) is 26.2 Å². The van der Waals surface area contributed by atoms with Crippen molar-refractivity contribution in [1.82, 2.24) is 4.98 Å². The zero-order valence-corrected chi connectivity index (χ0v) is 11.8. The number of hydrogen-bond donors (Lipinski definition) is 2. The van der Waals surface area contributed by atoms with Gasteiger partial charge in [0.25, 0.3) is 0 Å². The van der Waals surface area contributed by atoms with Crippen LogP contribution in [0.25, 0.3) is 0 Å². The molecule has 1 aromatic carbocycles. The lowest BCUT2D eigenvalue weighted by Crippen LogP contribution is -2.12. The van der Waals surface area contributed by atoms with Gasteiger partial charge in [-0.2, -0.15) is 0 Å². The molecule has 0 saturated heterocycles. The Labute approximate surface area is 119 Å². The number of aromatic nitrogens is 1. The summed E-state index contributed by atoms with van der Waals surface area (Å²) < 4.78 is 5.94. The Morgan fingerprint density at radius 2 is 2.05 bits per heavy atom. The fourth-order valence-corrected chi connectivity index (χ4v) is 2.00. The smallest absolute Gasteiger partial charge is 0.156 e. The molecule has 0 spiro atoms. The Balaban J connectivity index is 2.38. The molecule has 20 heavy (non-hydrogen) atoms. The summed E-state index contributed by atoms with van der Waals surface area (Å²) >= 11 is 0. The quantitative estimate of drug-likeness (QED) is 0.642. The van der Waals surface area contributed by atoms with Crippen molar-refractivity contribution in [1.29, 1.82) is 5.41 Å². The second kappa shape index (κ2) is 6.19. The number of nitrogens with two attached hydrogens (primary N) is 1. The first-order chi connectivity index (χ1) is 9.63. The number of hydrogen-bond acceptors (Lipinski definition) is 3. The summed E-state index contributed by atoms with van der Waals surface area (Å²) in [4.78, 5) is 4.04. The monoisotopic (exact) mass is 269 g/mol. The van der Waals surface area contributed by atoms with Gasteiger partial charge in [0.2, 0.25) is 0 Å². The van der Waals surface area contributed by atoms with E-state index in [0.29, 0.717) is 17.2 Å². The van der Waals surface area contributed by atoms with Gasteiger partial charge < -0.3 is 10.5 Å². The first-order valence-corrected chi connectivity index (χ1v) is 6.68. The third kappa shape index (κ3) is 2.96. The molecule has 2 rings (SSSR count). The molecule has 1 aromatic heterocycles. The van der Waals surface area contributed by atoms with Crippen LogP contribution in [0.4, 0.5) is 0 Å². The Hall–Kier alpha value is -2.36. The average Bonchev–Trinajstić information content (AvgIpc) is 2.47. The summed E-state index contributed by atoms with van der Waals surface area (Å²) in [7, 11) is 0. The SMILES string of the molecule is CCC(C)c1ccccc1Oc1cnccc1C(=N)N. The summed E-state index contributed by atoms with van der Waals surface area (Å²) in [5.41, 5.74) is 7.27. The predicted octanol–water partition coefficient (Wildman–Crippen LogP) is 3.67. The normalized spacial score (nSPS) is 11.9. The number of para-hydroxylation sites is 1. The van der Waals surface area contributed by atoms with Crippen molar-refractivity contribution in [2.24, 2.45) is 5.73 Å². The van der Waals surface area contributed by atoms with Crippen molar-refractivity contribution < 1.29 is 4.74 Å². The number of nitrogens with zero attached hydrogens (tertiary/aromatic N) is 1. The van der Waals surface area contributed by atoms with E-state index < -0.39 is 0 Å². The van der Waals surface area contributed by atoms with Gasteiger partial charge >= 0.3 is 0 Å². The molecule has 1 heterocycles. The van der Waals surface area contributed by atoms with Crippen LogP contribution in [0.5, 0.6) is 11.5 Å². The molecule has 1 atom stereocenters. The van der Waals surface area contributed by atoms with Gasteiger partial charge in [-0.25, -0.2) is 0 Å². The summed E-state index contributed by atoms with van der Waals surface area (Å²) in [6.45, 7) is 4.31. The zero-order valence-electron chi connectivity index (χ0n) is 11.8. The van der Waals surface area contributed by atoms with E-state index in [-0.39, 0.29) is 5.84 Å². The number of rotatable bonds is 5. The highest BCUT2D eigenvalue weighted by Crippen LogP contribution is 2.32. The molecule has 4 nitrogen and oxygen atoms in total. The van der Waals surface area contributed by atoms with E-state index in [1.165, 1.54) is 0 Å². The van der Waals surface area contributed by atoms with Crippen LogP contribution in [0.1, 0.15) is 37.3 Å². The average molecular weight is 269 g/mol. The van der Waals surface area contributed by atoms with Gasteiger partial charge in [-0.3, -0.25) is 10.4 Å². The van der Waals surface area contributed by atoms with Crippen LogP contribution in [-0.4, -0.2) is 10.8 Å². The topological polar surface area (TPSA) is 72.0 Å². The maximum Gasteiger partial charge on any atom is 0.156 e. The van der Waals surface area contributed by atoms with Gasteiger partial charge in [0.1, 0.15) is 11.6 Å². The van der Waals surface area contributed by atoms with E-state index in [1.54, 1.807) is 18.5 Å². The maximum absolute atomic E-state index is 7.59. The van der Waals surface area contributed by atoms with Crippen molar-refractivity contribution in [3.05, 3.63) is 53.9 Å². The van der Waals surface area contributed by atoms with E-state index in [1.807, 2.05) is 18.2 Å². The molecule has 0 radical (unpaired) electrons. The molecule has 0 saturated carbocycles. The summed E-state index contributed by atoms with van der Waals surface area (Å²) in [6, 6.07) is 9.61. The van der Waals surface area contributed by atoms with E-state index in [9.17, 15) is 0 Å². The van der Waals surface area contributed by atoms with E-state index in [4.69, 9.17) is 15.9 Å². The molecule has 104 valence electrons. The van der Waals surface area contributed by atoms with Gasteiger partial charge in [0.05, 0.1) is 11.8 Å². The van der Waals surface area contributed by atoms with Crippen LogP contribution >= 0.6 is 0 Å². The molecule has 0 bridgehead atoms. The van der Waals surface area contributed by atoms with Gasteiger partial charge in [-0.15, -0.1) is 0 Å². The highest BCUT2D eigenvalue weighted by atomic mass is 16.5. The summed E-state index contributed by atoms with van der Waals surface area (Å²) in [6.07, 6.45) is 4.22. The number of nitrogen functional groups attached to an aromatic ring is 1. The van der Waals surface area contributed by atoms with E-state index >= 15 is 0 Å². The summed E-state index contributed by atoms with van der Waals surface area (Å²) in [5.74, 6) is 1.68. The van der Waals surface area contributed by atoms with Crippen molar-refractivity contribution >= 4 is 5.84 Å². The molecular weight excluding hydrogens is 250 g/mol. The highest BCUT2D eigenvalue weighted by molar-refractivity contribution is 5.97. The molecule has 0 fully saturated rings. The van der Waals surface area contributed by atoms with Gasteiger partial charge in [0.15, 0.2) is 5.75 Å². The lowest BCUT2D eigenvalue weighted by molar-refractivity contribution is 0.467. The van der Waals surface area contributed by atoms with Crippen LogP contribution in [0.3, 0.4) is 0 Å². The second-order valence-corrected chi connectivity index (χ2v) is 4.73. The number of benzene rings is 1. The molecule has 4 heteroatoms. The van der Waals surface area contributed by atoms with Crippen LogP contribution < -0.4 is 10.5 Å². The fraction of sp³-hybridized carbons (Fsp3) is 0.250. The van der Waals surface area contributed by atoms with Crippen molar-refractivity contribution in [2.75, 3.05) is 0 Å². The third-order valence-electron chi connectivity index (χ3n) is 3.36. The Kier molecular flexibility index (Phi) is 4.35. The second-order valence-electron chi connectivity index (χ2n) is 4.73. The van der Waals surface area contributed by atoms with Gasteiger partial charge in [-0.1, -0.05) is 32.0 Å². The fourth-order valence-electron chi connectivity index (χ4n) is 2.00. The lowest BCUT2D eigenvalue weighted by Gasteiger charge is -2.16. The number of pyridine rings is 1. The largest absolute Gasteiger partial charge is 0.455 e. The van der Waals surface area contributed by atoms with Crippen LogP contribution in [0.15, 0.2) is 42.7 Å². The number of nitrogens with one attached hydrogen (secondary N) is 1. The zero-order chi connectivity index (χ0) is 14.5. The standard InChI is InChI=1S/C16H19N3O/c1-3-11(2)12-6-4-5-7-14(12)20-15-10-19-9-8-13(15)16(17)18/h4-11H,3H2,1-2H3,(H3,17,18). The Morgan fingerprint density at radius 1 is 1.30 bits per heavy atom. The first-order valence-electron chi connectivity index (χ1n) is 6.68. The Morgan fingerprint density at radius 3 is 2.75 bits per heavy atom. The molecule has 0 amide bonds. The minimum Gasteiger partial charge on any atom is -0.455 e. The Bertz CT molecular complexity index is 610. The van der Waals surface area contributed by atoms with Crippen molar-refractivity contribution in [3.63, 3.8) is 0 Å². The predicted molar refractivity (Wildman–Crippen MR) is 80.5 cm³/mol. The van der Waals surface area contributed by atoms with E-state index in [2.05, 4.69) is 24.9 Å². The maximum atomic E-state index is 7.59. The minimum absolute atomic E-state index is 0.0246. The van der Waals surface area contributed by atoms with Crippen LogP contribution in [-0.2, 0) is 0 Å². The molecular formula is C16H19N3O. The molecule has 0 aliphatic carbocycles. The lowest BCUT2D eigenvalue weighted by atomic mass is 9.98. The van der Waals surface area contributed by atoms with Crippen LogP contribution in [0, 0.1) is 5.41 Å². The molecule has 0 aliphatic rings.